The molecule has 1 aliphatic rings. The fourth-order valence-electron chi connectivity index (χ4n) is 3.82. The van der Waals surface area contributed by atoms with E-state index in [4.69, 9.17) is 4.74 Å². The van der Waals surface area contributed by atoms with Crippen LogP contribution in [0.4, 0.5) is 8.78 Å². The van der Waals surface area contributed by atoms with Crippen molar-refractivity contribution in [1.82, 2.24) is 15.1 Å². The quantitative estimate of drug-likeness (QED) is 0.443. The summed E-state index contributed by atoms with van der Waals surface area (Å²) in [6, 6.07) is 12.1. The van der Waals surface area contributed by atoms with Crippen LogP contribution < -0.4 is 10.1 Å². The van der Waals surface area contributed by atoms with Gasteiger partial charge in [0.25, 0.3) is 5.91 Å². The molecule has 0 bridgehead atoms. The standard InChI is InChI=1S/C26H27F2N3O2/c27-22-10-6-20(7-11-22)16-31-17-24(25(32)29-15-14-19-4-2-1-3-5-19)26(30-31)33-18-21-8-12-23(28)13-9-21/h4,6-13,17H,1-3,5,14-16,18H2,(H,29,32). The molecule has 33 heavy (non-hydrogen) atoms. The van der Waals surface area contributed by atoms with Crippen LogP contribution in [0.1, 0.15) is 53.6 Å². The molecule has 0 radical (unpaired) electrons. The smallest absolute Gasteiger partial charge is 0.258 e. The minimum atomic E-state index is -0.324. The van der Waals surface area contributed by atoms with E-state index in [-0.39, 0.29) is 30.0 Å². The lowest BCUT2D eigenvalue weighted by molar-refractivity contribution is 0.0949. The average molecular weight is 452 g/mol. The van der Waals surface area contributed by atoms with E-state index in [2.05, 4.69) is 16.5 Å². The molecule has 4 rings (SSSR count). The third-order valence-corrected chi connectivity index (χ3v) is 5.64. The van der Waals surface area contributed by atoms with Crippen molar-refractivity contribution in [2.24, 2.45) is 0 Å². The molecule has 0 unspecified atom stereocenters. The van der Waals surface area contributed by atoms with Crippen molar-refractivity contribution >= 4 is 5.91 Å². The van der Waals surface area contributed by atoms with Gasteiger partial charge in [-0.2, -0.15) is 0 Å². The summed E-state index contributed by atoms with van der Waals surface area (Å²) < 4.78 is 33.8. The lowest BCUT2D eigenvalue weighted by Crippen LogP contribution is -2.25. The topological polar surface area (TPSA) is 56.2 Å². The Hall–Kier alpha value is -3.48. The van der Waals surface area contributed by atoms with Gasteiger partial charge in [0.05, 0.1) is 6.54 Å². The van der Waals surface area contributed by atoms with Crippen LogP contribution in [0.25, 0.3) is 0 Å². The van der Waals surface area contributed by atoms with E-state index in [1.807, 2.05) is 0 Å². The number of allylic oxidation sites excluding steroid dienone is 1. The van der Waals surface area contributed by atoms with Gasteiger partial charge in [0.2, 0.25) is 5.88 Å². The van der Waals surface area contributed by atoms with Gasteiger partial charge in [-0.1, -0.05) is 35.9 Å². The Balaban J connectivity index is 1.46. The Morgan fingerprint density at radius 3 is 2.36 bits per heavy atom. The molecule has 0 saturated heterocycles. The summed E-state index contributed by atoms with van der Waals surface area (Å²) >= 11 is 0. The molecule has 1 aliphatic carbocycles. The second kappa shape index (κ2) is 10.9. The van der Waals surface area contributed by atoms with Crippen molar-refractivity contribution in [3.8, 4) is 5.88 Å². The highest BCUT2D eigenvalue weighted by molar-refractivity contribution is 5.96. The average Bonchev–Trinajstić information content (AvgIpc) is 3.23. The molecule has 1 N–H and O–H groups in total. The first-order valence-electron chi connectivity index (χ1n) is 11.2. The lowest BCUT2D eigenvalue weighted by atomic mass is 9.97. The van der Waals surface area contributed by atoms with E-state index in [1.165, 1.54) is 42.7 Å². The van der Waals surface area contributed by atoms with Crippen LogP contribution >= 0.6 is 0 Å². The Kier molecular flexibility index (Phi) is 7.50. The largest absolute Gasteiger partial charge is 0.471 e. The minimum Gasteiger partial charge on any atom is -0.471 e. The number of carbonyl (C=O) groups excluding carboxylic acids is 1. The molecule has 0 spiro atoms. The third-order valence-electron chi connectivity index (χ3n) is 5.64. The number of benzene rings is 2. The van der Waals surface area contributed by atoms with Crippen molar-refractivity contribution in [3.05, 3.63) is 94.7 Å². The van der Waals surface area contributed by atoms with Crippen LogP contribution in [0.5, 0.6) is 5.88 Å². The maximum Gasteiger partial charge on any atom is 0.258 e. The predicted molar refractivity (Wildman–Crippen MR) is 122 cm³/mol. The van der Waals surface area contributed by atoms with Gasteiger partial charge >= 0.3 is 0 Å². The van der Waals surface area contributed by atoms with Crippen molar-refractivity contribution in [2.75, 3.05) is 6.54 Å². The molecule has 7 heteroatoms. The second-order valence-corrected chi connectivity index (χ2v) is 8.20. The van der Waals surface area contributed by atoms with Crippen LogP contribution in [0.15, 0.2) is 66.4 Å². The summed E-state index contributed by atoms with van der Waals surface area (Å²) in [5, 5.41) is 7.40. The Morgan fingerprint density at radius 2 is 1.70 bits per heavy atom. The second-order valence-electron chi connectivity index (χ2n) is 8.20. The van der Waals surface area contributed by atoms with Crippen LogP contribution in [0, 0.1) is 11.6 Å². The highest BCUT2D eigenvalue weighted by atomic mass is 19.1. The molecule has 0 atom stereocenters. The summed E-state index contributed by atoms with van der Waals surface area (Å²) in [5.41, 5.74) is 3.33. The molecule has 0 saturated carbocycles. The Labute approximate surface area is 192 Å². The number of hydrogen-bond donors (Lipinski definition) is 1. The molecule has 1 heterocycles. The molecule has 5 nitrogen and oxygen atoms in total. The summed E-state index contributed by atoms with van der Waals surface area (Å²) in [6.07, 6.45) is 9.39. The van der Waals surface area contributed by atoms with E-state index >= 15 is 0 Å². The molecule has 2 aromatic carbocycles. The summed E-state index contributed by atoms with van der Waals surface area (Å²) in [6.45, 7) is 1.07. The van der Waals surface area contributed by atoms with Gasteiger partial charge in [-0.25, -0.2) is 8.78 Å². The first-order chi connectivity index (χ1) is 16.1. The minimum absolute atomic E-state index is 0.154. The van der Waals surface area contributed by atoms with E-state index in [0.717, 1.165) is 30.4 Å². The van der Waals surface area contributed by atoms with Gasteiger partial charge in [0.15, 0.2) is 0 Å². The number of aromatic nitrogens is 2. The van der Waals surface area contributed by atoms with Gasteiger partial charge in [0.1, 0.15) is 23.8 Å². The summed E-state index contributed by atoms with van der Waals surface area (Å²) in [5.74, 6) is -0.687. The highest BCUT2D eigenvalue weighted by Crippen LogP contribution is 2.21. The van der Waals surface area contributed by atoms with Crippen LogP contribution in [-0.4, -0.2) is 22.2 Å². The molecule has 0 aliphatic heterocycles. The third kappa shape index (κ3) is 6.51. The molecular formula is C26H27F2N3O2. The monoisotopic (exact) mass is 451 g/mol. The zero-order valence-corrected chi connectivity index (χ0v) is 18.4. The van der Waals surface area contributed by atoms with Crippen LogP contribution in [0.3, 0.4) is 0 Å². The van der Waals surface area contributed by atoms with Crippen molar-refractivity contribution in [2.45, 2.75) is 45.3 Å². The fraction of sp³-hybridized carbons (Fsp3) is 0.308. The SMILES string of the molecule is O=C(NCCC1=CCCCC1)c1cn(Cc2ccc(F)cc2)nc1OCc1ccc(F)cc1. The van der Waals surface area contributed by atoms with E-state index in [1.54, 1.807) is 35.1 Å². The number of rotatable bonds is 9. The number of nitrogens with one attached hydrogen (secondary N) is 1. The maximum atomic E-state index is 13.2. The molecule has 3 aromatic rings. The number of ether oxygens (including phenoxy) is 1. The number of hydrogen-bond acceptors (Lipinski definition) is 3. The molecular weight excluding hydrogens is 424 g/mol. The molecule has 1 aromatic heterocycles. The highest BCUT2D eigenvalue weighted by Gasteiger charge is 2.18. The van der Waals surface area contributed by atoms with E-state index < -0.39 is 0 Å². The number of nitrogens with zero attached hydrogens (tertiary/aromatic N) is 2. The lowest BCUT2D eigenvalue weighted by Gasteiger charge is -2.13. The summed E-state index contributed by atoms with van der Waals surface area (Å²) in [4.78, 5) is 12.9. The van der Waals surface area contributed by atoms with Crippen LogP contribution in [0.2, 0.25) is 0 Å². The van der Waals surface area contributed by atoms with Crippen molar-refractivity contribution < 1.29 is 18.3 Å². The zero-order chi connectivity index (χ0) is 23.0. The Bertz CT molecular complexity index is 1110. The van der Waals surface area contributed by atoms with E-state index in [9.17, 15) is 13.6 Å². The van der Waals surface area contributed by atoms with Gasteiger partial charge in [0, 0.05) is 12.7 Å². The first-order valence-corrected chi connectivity index (χ1v) is 11.2. The number of amides is 1. The normalized spacial score (nSPS) is 13.5. The predicted octanol–water partition coefficient (Wildman–Crippen LogP) is 5.41. The van der Waals surface area contributed by atoms with Crippen molar-refractivity contribution in [1.29, 1.82) is 0 Å². The van der Waals surface area contributed by atoms with Crippen LogP contribution in [-0.2, 0) is 13.2 Å². The van der Waals surface area contributed by atoms with Gasteiger partial charge in [-0.3, -0.25) is 9.48 Å². The van der Waals surface area contributed by atoms with Gasteiger partial charge in [-0.05, 0) is 67.5 Å². The fourth-order valence-corrected chi connectivity index (χ4v) is 3.82. The van der Waals surface area contributed by atoms with Gasteiger partial charge in [-0.15, -0.1) is 5.10 Å². The maximum absolute atomic E-state index is 13.2. The van der Waals surface area contributed by atoms with E-state index in [0.29, 0.717) is 18.7 Å². The van der Waals surface area contributed by atoms with Crippen molar-refractivity contribution in [3.63, 3.8) is 0 Å². The summed E-state index contributed by atoms with van der Waals surface area (Å²) in [7, 11) is 0. The number of halogens is 2. The number of carbonyl (C=O) groups is 1. The molecule has 0 fully saturated rings. The Morgan fingerprint density at radius 1 is 1.00 bits per heavy atom. The van der Waals surface area contributed by atoms with Gasteiger partial charge < -0.3 is 10.1 Å². The first kappa shape index (κ1) is 22.7. The molecule has 172 valence electrons. The zero-order valence-electron chi connectivity index (χ0n) is 18.4. The molecule has 1 amide bonds.